The third-order valence-corrected chi connectivity index (χ3v) is 1.03. The molecule has 0 aromatic carbocycles. The van der Waals surface area contributed by atoms with Crippen LogP contribution in [0.3, 0.4) is 0 Å². The second-order valence-electron chi connectivity index (χ2n) is 1.71. The molecule has 0 bridgehead atoms. The summed E-state index contributed by atoms with van der Waals surface area (Å²) in [5, 5.41) is 3.22. The molecule has 0 amide bonds. The summed E-state index contributed by atoms with van der Waals surface area (Å²) in [5.41, 5.74) is 3.55. The van der Waals surface area contributed by atoms with Crippen molar-refractivity contribution in [3.8, 4) is 0 Å². The van der Waals surface area contributed by atoms with E-state index in [-0.39, 0.29) is 5.71 Å². The van der Waals surface area contributed by atoms with Gasteiger partial charge in [0.05, 0.1) is 6.20 Å². The van der Waals surface area contributed by atoms with Crippen molar-refractivity contribution in [2.45, 2.75) is 13.3 Å². The van der Waals surface area contributed by atoms with Gasteiger partial charge in [-0.05, 0) is 12.5 Å². The third kappa shape index (κ3) is 1.06. The number of alkyl halides is 2. The molecule has 0 spiro atoms. The van der Waals surface area contributed by atoms with Gasteiger partial charge in [0.2, 0.25) is 0 Å². The Morgan fingerprint density at radius 1 is 1.56 bits per heavy atom. The van der Waals surface area contributed by atoms with Gasteiger partial charge in [-0.1, -0.05) is 0 Å². The van der Waals surface area contributed by atoms with Crippen molar-refractivity contribution in [3.63, 3.8) is 0 Å². The van der Waals surface area contributed by atoms with Crippen molar-refractivity contribution in [2.24, 2.45) is 5.10 Å². The van der Waals surface area contributed by atoms with Gasteiger partial charge in [0.25, 0.3) is 6.43 Å². The van der Waals surface area contributed by atoms with Crippen LogP contribution in [0.5, 0.6) is 0 Å². The van der Waals surface area contributed by atoms with Crippen molar-refractivity contribution in [1.29, 1.82) is 0 Å². The van der Waals surface area contributed by atoms with Crippen molar-refractivity contribution in [2.75, 3.05) is 0 Å². The molecule has 0 aromatic heterocycles. The Morgan fingerprint density at radius 3 is 2.44 bits per heavy atom. The van der Waals surface area contributed by atoms with Gasteiger partial charge < -0.3 is 0 Å². The van der Waals surface area contributed by atoms with Crippen LogP contribution in [0.4, 0.5) is 8.78 Å². The maximum absolute atomic E-state index is 11.8. The molecule has 0 unspecified atom stereocenters. The molecule has 9 heavy (non-hydrogen) atoms. The molecule has 0 atom stereocenters. The van der Waals surface area contributed by atoms with Crippen LogP contribution in [0.25, 0.3) is 0 Å². The molecule has 1 aliphatic rings. The number of hydrogen-bond donors (Lipinski definition) is 0. The minimum Gasteiger partial charge on any atom is -0.203 e. The first kappa shape index (κ1) is 6.19. The zero-order valence-electron chi connectivity index (χ0n) is 4.81. The summed E-state index contributed by atoms with van der Waals surface area (Å²) in [4.78, 5) is 0. The number of nitrogens with zero attached hydrogens (tertiary/aromatic N) is 2. The van der Waals surface area contributed by atoms with E-state index in [9.17, 15) is 8.78 Å². The average molecular weight is 131 g/mol. The Hall–Kier alpha value is -0.930. The van der Waals surface area contributed by atoms with E-state index >= 15 is 0 Å². The minimum absolute atomic E-state index is 0.213. The lowest BCUT2D eigenvalue weighted by Gasteiger charge is -1.94. The van der Waals surface area contributed by atoms with Gasteiger partial charge in [-0.25, -0.2) is 8.78 Å². The van der Waals surface area contributed by atoms with Crippen LogP contribution in [0, 0.1) is 0 Å². The maximum atomic E-state index is 11.8. The molecule has 4 heteroatoms. The van der Waals surface area contributed by atoms with Gasteiger partial charge in [0, 0.05) is 0 Å². The van der Waals surface area contributed by atoms with E-state index < -0.39 is 6.43 Å². The molecule has 1 heterocycles. The van der Waals surface area contributed by atoms with E-state index in [0.29, 0.717) is 5.57 Å². The molecular weight excluding hydrogens is 126 g/mol. The number of allylic oxidation sites excluding steroid dienone is 1. The molecule has 0 fully saturated rings. The van der Waals surface area contributed by atoms with Crippen LogP contribution in [0.15, 0.2) is 16.9 Å². The average Bonchev–Trinajstić information content (AvgIpc) is 2.13. The van der Waals surface area contributed by atoms with Gasteiger partial charge in [-0.15, -0.1) is 5.10 Å². The fraction of sp³-hybridized carbons (Fsp3) is 0.400. The number of rotatable bonds is 1. The zero-order valence-corrected chi connectivity index (χ0v) is 4.81. The highest BCUT2D eigenvalue weighted by Gasteiger charge is 2.18. The van der Waals surface area contributed by atoms with Crippen molar-refractivity contribution in [1.82, 2.24) is 5.43 Å². The van der Waals surface area contributed by atoms with Crippen LogP contribution in [0.1, 0.15) is 6.92 Å². The predicted octanol–water partition coefficient (Wildman–Crippen LogP) is 1.13. The molecular formula is C5H5F2N2. The Balaban J connectivity index is 2.72. The molecule has 2 nitrogen and oxygen atoms in total. The number of hydrogen-bond acceptors (Lipinski definition) is 1. The number of halogens is 2. The van der Waals surface area contributed by atoms with Crippen LogP contribution < -0.4 is 5.43 Å². The Bertz CT molecular complexity index is 172. The largest absolute Gasteiger partial charge is 0.282 e. The Morgan fingerprint density at radius 2 is 2.22 bits per heavy atom. The SMILES string of the molecule is CC1=C[N]N=C1C(F)F. The van der Waals surface area contributed by atoms with Crippen molar-refractivity contribution in [3.05, 3.63) is 11.8 Å². The first-order chi connectivity index (χ1) is 4.22. The fourth-order valence-corrected chi connectivity index (χ4v) is 0.538. The summed E-state index contributed by atoms with van der Waals surface area (Å²) >= 11 is 0. The van der Waals surface area contributed by atoms with Gasteiger partial charge in [0.1, 0.15) is 5.71 Å². The van der Waals surface area contributed by atoms with E-state index in [1.807, 2.05) is 0 Å². The highest BCUT2D eigenvalue weighted by molar-refractivity contribution is 6.02. The minimum atomic E-state index is -2.49. The summed E-state index contributed by atoms with van der Waals surface area (Å²) in [5.74, 6) is 0. The Labute approximate surface area is 51.2 Å². The Kier molecular flexibility index (Phi) is 1.46. The van der Waals surface area contributed by atoms with Gasteiger partial charge >= 0.3 is 0 Å². The smallest absolute Gasteiger partial charge is 0.203 e. The summed E-state index contributed by atoms with van der Waals surface area (Å²) in [7, 11) is 0. The fourth-order valence-electron chi connectivity index (χ4n) is 0.538. The topological polar surface area (TPSA) is 26.5 Å². The van der Waals surface area contributed by atoms with Crippen LogP contribution in [-0.2, 0) is 0 Å². The second-order valence-corrected chi connectivity index (χ2v) is 1.71. The quantitative estimate of drug-likeness (QED) is 0.510. The van der Waals surface area contributed by atoms with E-state index in [1.165, 1.54) is 6.20 Å². The normalized spacial score (nSPS) is 17.3. The first-order valence-corrected chi connectivity index (χ1v) is 2.45. The monoisotopic (exact) mass is 131 g/mol. The molecule has 1 rings (SSSR count). The molecule has 49 valence electrons. The summed E-state index contributed by atoms with van der Waals surface area (Å²) in [6.45, 7) is 1.56. The standard InChI is InChI=1S/C5H5F2N2/c1-3-2-8-9-4(3)5(6)7/h2,5H,1H3. The summed E-state index contributed by atoms with van der Waals surface area (Å²) < 4.78 is 23.5. The van der Waals surface area contributed by atoms with Crippen LogP contribution in [0.2, 0.25) is 0 Å². The molecule has 0 N–H and O–H groups in total. The summed E-state index contributed by atoms with van der Waals surface area (Å²) in [6, 6.07) is 0. The zero-order chi connectivity index (χ0) is 6.85. The van der Waals surface area contributed by atoms with E-state index in [1.54, 1.807) is 6.92 Å². The van der Waals surface area contributed by atoms with E-state index in [0.717, 1.165) is 0 Å². The van der Waals surface area contributed by atoms with E-state index in [4.69, 9.17) is 0 Å². The van der Waals surface area contributed by atoms with Crippen molar-refractivity contribution >= 4 is 5.71 Å². The molecule has 0 saturated heterocycles. The maximum Gasteiger partial charge on any atom is 0.282 e. The van der Waals surface area contributed by atoms with Gasteiger partial charge in [0.15, 0.2) is 0 Å². The van der Waals surface area contributed by atoms with Crippen LogP contribution in [-0.4, -0.2) is 12.1 Å². The molecule has 0 saturated carbocycles. The van der Waals surface area contributed by atoms with Gasteiger partial charge in [-0.2, -0.15) is 5.43 Å². The molecule has 0 aromatic rings. The van der Waals surface area contributed by atoms with Crippen LogP contribution >= 0.6 is 0 Å². The highest BCUT2D eigenvalue weighted by atomic mass is 19.3. The molecule has 0 aliphatic carbocycles. The summed E-state index contributed by atoms with van der Waals surface area (Å²) in [6.07, 6.45) is -1.17. The molecule has 1 aliphatic heterocycles. The van der Waals surface area contributed by atoms with Crippen molar-refractivity contribution < 1.29 is 8.78 Å². The molecule has 1 radical (unpaired) electrons. The lowest BCUT2D eigenvalue weighted by atomic mass is 10.2. The third-order valence-electron chi connectivity index (χ3n) is 1.03. The van der Waals surface area contributed by atoms with Gasteiger partial charge in [-0.3, -0.25) is 0 Å². The lowest BCUT2D eigenvalue weighted by Crippen LogP contribution is -2.08. The van der Waals surface area contributed by atoms with E-state index in [2.05, 4.69) is 10.5 Å². The highest BCUT2D eigenvalue weighted by Crippen LogP contribution is 2.09. The lowest BCUT2D eigenvalue weighted by molar-refractivity contribution is 0.226. The predicted molar refractivity (Wildman–Crippen MR) is 29.3 cm³/mol. The first-order valence-electron chi connectivity index (χ1n) is 2.45. The second kappa shape index (κ2) is 2.13.